The van der Waals surface area contributed by atoms with E-state index in [0.717, 1.165) is 0 Å². The Morgan fingerprint density at radius 3 is 1.95 bits per heavy atom. The molecule has 0 aliphatic rings. The molecular weight excluding hydrogens is 240 g/mol. The van der Waals surface area contributed by atoms with Gasteiger partial charge in [-0.2, -0.15) is 0 Å². The molecule has 0 aliphatic heterocycles. The molecule has 1 N–H and O–H groups in total. The van der Waals surface area contributed by atoms with Gasteiger partial charge in [-0.3, -0.25) is 4.79 Å². The molecule has 0 aromatic heterocycles. The minimum atomic E-state index is -0.264. The molecular formula is C16H22O3. The van der Waals surface area contributed by atoms with Crippen LogP contribution >= 0.6 is 0 Å². The molecule has 0 saturated carbocycles. The normalized spacial score (nSPS) is 7.68. The van der Waals surface area contributed by atoms with Crippen LogP contribution in [0.3, 0.4) is 0 Å². The summed E-state index contributed by atoms with van der Waals surface area (Å²) in [6.07, 6.45) is 4.79. The second-order valence-corrected chi connectivity index (χ2v) is 3.18. The summed E-state index contributed by atoms with van der Waals surface area (Å²) >= 11 is 0. The number of aliphatic hydroxyl groups is 1. The Hall–Kier alpha value is -2.13. The van der Waals surface area contributed by atoms with Crippen molar-refractivity contribution in [3.63, 3.8) is 0 Å². The zero-order valence-electron chi connectivity index (χ0n) is 11.4. The average molecular weight is 262 g/mol. The smallest absolute Gasteiger partial charge is 0.302 e. The number of hydrogen-bond donors (Lipinski definition) is 1. The highest BCUT2D eigenvalue weighted by atomic mass is 16.5. The van der Waals surface area contributed by atoms with Gasteiger partial charge < -0.3 is 9.84 Å². The molecule has 0 bridgehead atoms. The van der Waals surface area contributed by atoms with E-state index in [0.29, 0.717) is 6.61 Å². The Labute approximate surface area is 115 Å². The van der Waals surface area contributed by atoms with Crippen LogP contribution in [-0.2, 0) is 9.53 Å². The van der Waals surface area contributed by atoms with Gasteiger partial charge in [-0.1, -0.05) is 61.7 Å². The number of carbonyl (C=O) groups is 1. The van der Waals surface area contributed by atoms with Gasteiger partial charge in [0.25, 0.3) is 0 Å². The van der Waals surface area contributed by atoms with E-state index >= 15 is 0 Å². The summed E-state index contributed by atoms with van der Waals surface area (Å²) in [5.41, 5.74) is 1.17. The minimum Gasteiger partial charge on any atom is -0.462 e. The minimum absolute atomic E-state index is 0.0833. The van der Waals surface area contributed by atoms with E-state index in [9.17, 15) is 4.79 Å². The molecule has 0 unspecified atom stereocenters. The highest BCUT2D eigenvalue weighted by Gasteiger charge is 1.83. The maximum absolute atomic E-state index is 9.93. The number of carbonyl (C=O) groups excluding carboxylic acids is 1. The van der Waals surface area contributed by atoms with Crippen molar-refractivity contribution >= 4 is 12.0 Å². The molecule has 0 aliphatic carbocycles. The monoisotopic (exact) mass is 262 g/mol. The number of ether oxygens (including phenoxy) is 1. The van der Waals surface area contributed by atoms with E-state index in [1.807, 2.05) is 36.4 Å². The van der Waals surface area contributed by atoms with Crippen molar-refractivity contribution in [2.75, 3.05) is 13.2 Å². The van der Waals surface area contributed by atoms with Crippen LogP contribution in [-0.4, -0.2) is 24.3 Å². The van der Waals surface area contributed by atoms with E-state index in [1.54, 1.807) is 0 Å². The summed E-state index contributed by atoms with van der Waals surface area (Å²) in [7, 11) is 0. The first-order valence-electron chi connectivity index (χ1n) is 5.75. The Balaban J connectivity index is 0. The van der Waals surface area contributed by atoms with Crippen LogP contribution in [0.2, 0.25) is 0 Å². The van der Waals surface area contributed by atoms with Crippen LogP contribution in [0.1, 0.15) is 12.5 Å². The number of benzene rings is 1. The highest BCUT2D eigenvalue weighted by molar-refractivity contribution is 5.65. The highest BCUT2D eigenvalue weighted by Crippen LogP contribution is 1.97. The van der Waals surface area contributed by atoms with E-state index < -0.39 is 0 Å². The fourth-order valence-corrected chi connectivity index (χ4v) is 0.765. The summed E-state index contributed by atoms with van der Waals surface area (Å²) < 4.78 is 4.43. The number of esters is 1. The van der Waals surface area contributed by atoms with Crippen molar-refractivity contribution in [3.8, 4) is 0 Å². The lowest BCUT2D eigenvalue weighted by molar-refractivity contribution is -0.139. The van der Waals surface area contributed by atoms with Gasteiger partial charge in [-0.05, 0) is 5.56 Å². The maximum Gasteiger partial charge on any atom is 0.302 e. The standard InChI is InChI=1S/C8H8.C5H8O2.C3H6O/c1-2-8-6-4-3-5-7-8;1-3-4-7-5(2)6;1-2-3-4/h2-7H,1H2;3H,1,4H2,2H3;2,4H,1,3H2. The van der Waals surface area contributed by atoms with Crippen LogP contribution in [0, 0.1) is 0 Å². The zero-order chi connectivity index (χ0) is 14.9. The third-order valence-corrected chi connectivity index (χ3v) is 1.57. The topological polar surface area (TPSA) is 46.5 Å². The van der Waals surface area contributed by atoms with Crippen molar-refractivity contribution in [2.24, 2.45) is 0 Å². The molecule has 0 spiro atoms. The summed E-state index contributed by atoms with van der Waals surface area (Å²) in [5.74, 6) is -0.264. The molecule has 1 rings (SSSR count). The first-order chi connectivity index (χ1) is 9.12. The zero-order valence-corrected chi connectivity index (χ0v) is 11.4. The Morgan fingerprint density at radius 2 is 1.74 bits per heavy atom. The Kier molecular flexibility index (Phi) is 16.0. The van der Waals surface area contributed by atoms with Gasteiger partial charge >= 0.3 is 5.97 Å². The molecule has 3 heteroatoms. The summed E-state index contributed by atoms with van der Waals surface area (Å²) in [6.45, 7) is 12.0. The Morgan fingerprint density at radius 1 is 1.21 bits per heavy atom. The van der Waals surface area contributed by atoms with E-state index in [1.165, 1.54) is 24.6 Å². The van der Waals surface area contributed by atoms with Crippen molar-refractivity contribution in [2.45, 2.75) is 6.92 Å². The molecule has 0 amide bonds. The lowest BCUT2D eigenvalue weighted by atomic mass is 10.2. The van der Waals surface area contributed by atoms with Crippen LogP contribution in [0.25, 0.3) is 6.08 Å². The molecule has 1 aromatic carbocycles. The van der Waals surface area contributed by atoms with Gasteiger partial charge in [0.05, 0.1) is 6.61 Å². The van der Waals surface area contributed by atoms with Gasteiger partial charge in [-0.25, -0.2) is 0 Å². The molecule has 104 valence electrons. The number of hydrogen-bond acceptors (Lipinski definition) is 3. The predicted octanol–water partition coefficient (Wildman–Crippen LogP) is 3.23. The molecule has 0 saturated heterocycles. The van der Waals surface area contributed by atoms with Crippen molar-refractivity contribution in [1.29, 1.82) is 0 Å². The largest absolute Gasteiger partial charge is 0.462 e. The predicted molar refractivity (Wildman–Crippen MR) is 80.6 cm³/mol. The second-order valence-electron chi connectivity index (χ2n) is 3.18. The molecule has 19 heavy (non-hydrogen) atoms. The number of rotatable bonds is 4. The fraction of sp³-hybridized carbons (Fsp3) is 0.188. The van der Waals surface area contributed by atoms with E-state index in [2.05, 4.69) is 24.5 Å². The van der Waals surface area contributed by atoms with Crippen molar-refractivity contribution in [1.82, 2.24) is 0 Å². The van der Waals surface area contributed by atoms with Crippen LogP contribution in [0.4, 0.5) is 0 Å². The summed E-state index contributed by atoms with van der Waals surface area (Å²) in [4.78, 5) is 9.93. The third-order valence-electron chi connectivity index (χ3n) is 1.57. The first kappa shape index (κ1) is 19.2. The van der Waals surface area contributed by atoms with Crippen LogP contribution in [0.5, 0.6) is 0 Å². The Bertz CT molecular complexity index is 356. The van der Waals surface area contributed by atoms with Gasteiger partial charge in [0.1, 0.15) is 6.61 Å². The van der Waals surface area contributed by atoms with Gasteiger partial charge in [0, 0.05) is 6.92 Å². The van der Waals surface area contributed by atoms with E-state index in [-0.39, 0.29) is 12.6 Å². The van der Waals surface area contributed by atoms with Crippen LogP contribution in [0.15, 0.2) is 62.2 Å². The van der Waals surface area contributed by atoms with Gasteiger partial charge in [0.15, 0.2) is 0 Å². The molecule has 0 fully saturated rings. The molecule has 0 heterocycles. The lowest BCUT2D eigenvalue weighted by Gasteiger charge is -1.90. The molecule has 1 aromatic rings. The number of aliphatic hydroxyl groups excluding tert-OH is 1. The van der Waals surface area contributed by atoms with Crippen molar-refractivity contribution < 1.29 is 14.6 Å². The second kappa shape index (κ2) is 15.9. The SMILES string of the molecule is C=CCO.C=CCOC(C)=O.C=Cc1ccccc1. The maximum atomic E-state index is 9.93. The quantitative estimate of drug-likeness (QED) is 0.669. The van der Waals surface area contributed by atoms with Gasteiger partial charge in [-0.15, -0.1) is 6.58 Å². The molecule has 0 atom stereocenters. The molecule has 3 nitrogen and oxygen atoms in total. The van der Waals surface area contributed by atoms with Crippen molar-refractivity contribution in [3.05, 3.63) is 67.8 Å². The third kappa shape index (κ3) is 18.4. The fourth-order valence-electron chi connectivity index (χ4n) is 0.765. The summed E-state index contributed by atoms with van der Waals surface area (Å²) in [5, 5.41) is 7.76. The van der Waals surface area contributed by atoms with Gasteiger partial charge in [0.2, 0.25) is 0 Å². The van der Waals surface area contributed by atoms with E-state index in [4.69, 9.17) is 5.11 Å². The summed E-state index contributed by atoms with van der Waals surface area (Å²) in [6, 6.07) is 10.0. The van der Waals surface area contributed by atoms with Crippen LogP contribution < -0.4 is 0 Å². The molecule has 0 radical (unpaired) electrons. The first-order valence-corrected chi connectivity index (χ1v) is 5.75. The lowest BCUT2D eigenvalue weighted by Crippen LogP contribution is -1.96. The average Bonchev–Trinajstić information content (AvgIpc) is 2.46.